The first-order chi connectivity index (χ1) is 16.5. The van der Waals surface area contributed by atoms with Gasteiger partial charge in [0.1, 0.15) is 12.3 Å². The molecule has 0 aliphatic heterocycles. The van der Waals surface area contributed by atoms with Gasteiger partial charge in [-0.3, -0.25) is 9.10 Å². The highest BCUT2D eigenvalue weighted by Gasteiger charge is 2.35. The van der Waals surface area contributed by atoms with Crippen molar-refractivity contribution in [2.45, 2.75) is 23.7 Å². The first kappa shape index (κ1) is 27.0. The summed E-state index contributed by atoms with van der Waals surface area (Å²) in [7, 11) is -4.36. The molecule has 0 fully saturated rings. The summed E-state index contributed by atoms with van der Waals surface area (Å²) in [6.07, 6.45) is -3.25. The first-order valence-electron chi connectivity index (χ1n) is 10.3. The number of anilines is 1. The Hall–Kier alpha value is -2.63. The SMILES string of the molecule is Cc1ccc(S(=O)(=O)N(CC(=O)NCCSCc2ccco2)c2ccc(Cl)c(C(F)(F)F)c2)cc1. The van der Waals surface area contributed by atoms with Gasteiger partial charge in [0.2, 0.25) is 5.91 Å². The van der Waals surface area contributed by atoms with Crippen LogP contribution in [0, 0.1) is 6.92 Å². The van der Waals surface area contributed by atoms with Crippen molar-refractivity contribution in [2.75, 3.05) is 23.1 Å². The number of hydrogen-bond donors (Lipinski definition) is 1. The van der Waals surface area contributed by atoms with Gasteiger partial charge in [0.25, 0.3) is 10.0 Å². The van der Waals surface area contributed by atoms with Gasteiger partial charge in [0.05, 0.1) is 33.2 Å². The van der Waals surface area contributed by atoms with E-state index in [0.717, 1.165) is 23.5 Å². The van der Waals surface area contributed by atoms with E-state index in [4.69, 9.17) is 16.0 Å². The summed E-state index contributed by atoms with van der Waals surface area (Å²) >= 11 is 7.20. The Morgan fingerprint density at radius 3 is 2.49 bits per heavy atom. The summed E-state index contributed by atoms with van der Waals surface area (Å²) in [6.45, 7) is 1.29. The fourth-order valence-corrected chi connectivity index (χ4v) is 5.45. The zero-order valence-corrected chi connectivity index (χ0v) is 20.9. The average Bonchev–Trinajstić information content (AvgIpc) is 3.31. The number of halogens is 4. The largest absolute Gasteiger partial charge is 0.468 e. The van der Waals surface area contributed by atoms with Gasteiger partial charge < -0.3 is 9.73 Å². The minimum absolute atomic E-state index is 0.159. The highest BCUT2D eigenvalue weighted by molar-refractivity contribution is 7.98. The Labute approximate surface area is 210 Å². The Balaban J connectivity index is 1.80. The fourth-order valence-electron chi connectivity index (χ4n) is 3.05. The number of hydrogen-bond acceptors (Lipinski definition) is 5. The summed E-state index contributed by atoms with van der Waals surface area (Å²) in [5.41, 5.74) is -0.730. The topological polar surface area (TPSA) is 79.6 Å². The van der Waals surface area contributed by atoms with Crippen molar-refractivity contribution in [2.24, 2.45) is 0 Å². The van der Waals surface area contributed by atoms with Gasteiger partial charge in [-0.25, -0.2) is 8.42 Å². The predicted octanol–water partition coefficient (Wildman–Crippen LogP) is 5.51. The third kappa shape index (κ3) is 7.18. The van der Waals surface area contributed by atoms with Crippen LogP contribution in [-0.4, -0.2) is 33.2 Å². The van der Waals surface area contributed by atoms with E-state index in [1.54, 1.807) is 31.4 Å². The van der Waals surface area contributed by atoms with Crippen molar-refractivity contribution < 1.29 is 30.8 Å². The number of thioether (sulfide) groups is 1. The fraction of sp³-hybridized carbons (Fsp3) is 0.261. The van der Waals surface area contributed by atoms with Gasteiger partial charge >= 0.3 is 6.18 Å². The zero-order chi connectivity index (χ0) is 25.6. The summed E-state index contributed by atoms with van der Waals surface area (Å²) in [4.78, 5) is 12.4. The highest BCUT2D eigenvalue weighted by Crippen LogP contribution is 2.38. The molecule has 1 N–H and O–H groups in total. The first-order valence-corrected chi connectivity index (χ1v) is 13.3. The molecule has 0 saturated carbocycles. The van der Waals surface area contributed by atoms with Crippen molar-refractivity contribution in [1.82, 2.24) is 5.32 Å². The third-order valence-corrected chi connectivity index (χ3v) is 7.93. The number of sulfonamides is 1. The van der Waals surface area contributed by atoms with Crippen molar-refractivity contribution >= 4 is 45.0 Å². The number of benzene rings is 2. The molecule has 0 unspecified atom stereocenters. The number of rotatable bonds is 10. The molecule has 12 heteroatoms. The molecule has 0 aliphatic rings. The van der Waals surface area contributed by atoms with E-state index in [1.807, 2.05) is 6.07 Å². The van der Waals surface area contributed by atoms with Crippen LogP contribution >= 0.6 is 23.4 Å². The molecule has 35 heavy (non-hydrogen) atoms. The van der Waals surface area contributed by atoms with Crippen LogP contribution in [0.3, 0.4) is 0 Å². The second-order valence-electron chi connectivity index (χ2n) is 7.47. The van der Waals surface area contributed by atoms with Crippen LogP contribution in [0.15, 0.2) is 70.2 Å². The number of alkyl halides is 3. The second kappa shape index (κ2) is 11.4. The quantitative estimate of drug-likeness (QED) is 0.339. The van der Waals surface area contributed by atoms with Crippen molar-refractivity contribution in [3.8, 4) is 0 Å². The molecule has 2 aromatic carbocycles. The van der Waals surface area contributed by atoms with E-state index in [9.17, 15) is 26.4 Å². The van der Waals surface area contributed by atoms with Crippen LogP contribution in [0.5, 0.6) is 0 Å². The lowest BCUT2D eigenvalue weighted by molar-refractivity contribution is -0.137. The molecule has 3 rings (SSSR count). The monoisotopic (exact) mass is 546 g/mol. The lowest BCUT2D eigenvalue weighted by atomic mass is 10.2. The smallest absolute Gasteiger partial charge is 0.417 e. The number of carbonyl (C=O) groups is 1. The van der Waals surface area contributed by atoms with Gasteiger partial charge in [-0.15, -0.1) is 0 Å². The van der Waals surface area contributed by atoms with Crippen LogP contribution in [0.2, 0.25) is 5.02 Å². The van der Waals surface area contributed by atoms with Crippen LogP contribution in [0.1, 0.15) is 16.9 Å². The number of furan rings is 1. The van der Waals surface area contributed by atoms with E-state index in [-0.39, 0.29) is 17.1 Å². The maximum atomic E-state index is 13.4. The van der Waals surface area contributed by atoms with Crippen LogP contribution in [0.4, 0.5) is 18.9 Å². The van der Waals surface area contributed by atoms with E-state index in [0.29, 0.717) is 21.9 Å². The molecule has 188 valence electrons. The molecule has 1 amide bonds. The maximum Gasteiger partial charge on any atom is 0.417 e. The Kier molecular flexibility index (Phi) is 8.79. The number of carbonyl (C=O) groups excluding carboxylic acids is 1. The highest BCUT2D eigenvalue weighted by atomic mass is 35.5. The minimum Gasteiger partial charge on any atom is -0.468 e. The summed E-state index contributed by atoms with van der Waals surface area (Å²) < 4.78 is 72.8. The van der Waals surface area contributed by atoms with Crippen LogP contribution in [0.25, 0.3) is 0 Å². The molecule has 0 saturated heterocycles. The Bertz CT molecular complexity index is 1250. The molecule has 1 heterocycles. The van der Waals surface area contributed by atoms with Gasteiger partial charge in [-0.1, -0.05) is 29.3 Å². The van der Waals surface area contributed by atoms with Gasteiger partial charge in [0.15, 0.2) is 0 Å². The lowest BCUT2D eigenvalue weighted by Gasteiger charge is -2.25. The molecular formula is C23H22ClF3N2O4S2. The Morgan fingerprint density at radius 2 is 1.86 bits per heavy atom. The van der Waals surface area contributed by atoms with Crippen LogP contribution in [-0.2, 0) is 26.7 Å². The third-order valence-electron chi connectivity index (χ3n) is 4.83. The van der Waals surface area contributed by atoms with Gasteiger partial charge in [0, 0.05) is 12.3 Å². The standard InChI is InChI=1S/C23H22ClF3N2O4S2/c1-16-4-7-19(8-5-16)35(31,32)29(17-6-9-21(24)20(13-17)23(25,26)27)14-22(30)28-10-12-34-15-18-3-2-11-33-18/h2-9,11,13H,10,12,14-15H2,1H3,(H,28,30). The number of aryl methyl sites for hydroxylation is 1. The number of nitrogens with one attached hydrogen (secondary N) is 1. The second-order valence-corrected chi connectivity index (χ2v) is 10.8. The summed E-state index contributed by atoms with van der Waals surface area (Å²) in [6, 6.07) is 12.1. The van der Waals surface area contributed by atoms with E-state index < -0.39 is 39.2 Å². The molecule has 0 radical (unpaired) electrons. The van der Waals surface area contributed by atoms with Gasteiger partial charge in [-0.2, -0.15) is 24.9 Å². The van der Waals surface area contributed by atoms with E-state index in [2.05, 4.69) is 5.32 Å². The maximum absolute atomic E-state index is 13.4. The van der Waals surface area contributed by atoms with E-state index >= 15 is 0 Å². The molecule has 0 atom stereocenters. The molecule has 0 spiro atoms. The molecule has 1 aromatic heterocycles. The van der Waals surface area contributed by atoms with Crippen molar-refractivity contribution in [3.05, 3.63) is 82.8 Å². The minimum atomic E-state index is -4.81. The normalized spacial score (nSPS) is 11.9. The lowest BCUT2D eigenvalue weighted by Crippen LogP contribution is -2.41. The predicted molar refractivity (Wildman–Crippen MR) is 130 cm³/mol. The molecular weight excluding hydrogens is 525 g/mol. The van der Waals surface area contributed by atoms with E-state index in [1.165, 1.54) is 23.9 Å². The molecule has 6 nitrogen and oxygen atoms in total. The molecule has 3 aromatic rings. The number of nitrogens with zero attached hydrogens (tertiary/aromatic N) is 1. The average molecular weight is 547 g/mol. The zero-order valence-electron chi connectivity index (χ0n) is 18.5. The summed E-state index contributed by atoms with van der Waals surface area (Å²) in [5, 5.41) is 2.03. The Morgan fingerprint density at radius 1 is 1.14 bits per heavy atom. The van der Waals surface area contributed by atoms with Crippen molar-refractivity contribution in [1.29, 1.82) is 0 Å². The molecule has 0 aliphatic carbocycles. The van der Waals surface area contributed by atoms with Crippen molar-refractivity contribution in [3.63, 3.8) is 0 Å². The van der Waals surface area contributed by atoms with Gasteiger partial charge in [-0.05, 0) is 49.4 Å². The number of amides is 1. The summed E-state index contributed by atoms with van der Waals surface area (Å²) in [5.74, 6) is 1.24. The molecule has 0 bridgehead atoms. The van der Waals surface area contributed by atoms with Crippen LogP contribution < -0.4 is 9.62 Å².